The van der Waals surface area contributed by atoms with Crippen LogP contribution in [0, 0.1) is 0 Å². The molecule has 2 atom stereocenters. The number of aliphatic hydroxyl groups is 1. The summed E-state index contributed by atoms with van der Waals surface area (Å²) in [5, 5.41) is 12.6. The third kappa shape index (κ3) is 2.26. The van der Waals surface area contributed by atoms with E-state index in [1.54, 1.807) is 5.56 Å². The Morgan fingerprint density at radius 1 is 1.29 bits per heavy atom. The van der Waals surface area contributed by atoms with Gasteiger partial charge in [0.1, 0.15) is 0 Å². The highest BCUT2D eigenvalue weighted by Crippen LogP contribution is 2.46. The molecule has 1 saturated heterocycles. The van der Waals surface area contributed by atoms with Gasteiger partial charge in [0.05, 0.1) is 0 Å². The Bertz CT molecular complexity index is 519. The molecule has 0 saturated carbocycles. The first-order valence-electron chi connectivity index (χ1n) is 8.31. The zero-order valence-electron chi connectivity index (χ0n) is 12.6. The van der Waals surface area contributed by atoms with Crippen LogP contribution in [0.15, 0.2) is 18.2 Å². The number of nitrogens with zero attached hydrogens (tertiary/aromatic N) is 2. The van der Waals surface area contributed by atoms with Crippen LogP contribution in [0.1, 0.15) is 29.9 Å². The van der Waals surface area contributed by atoms with E-state index in [4.69, 9.17) is 5.11 Å². The van der Waals surface area contributed by atoms with Gasteiger partial charge in [0.15, 0.2) is 0 Å². The summed E-state index contributed by atoms with van der Waals surface area (Å²) in [5.41, 5.74) is 4.57. The second-order valence-electron chi connectivity index (χ2n) is 6.57. The van der Waals surface area contributed by atoms with Crippen molar-refractivity contribution in [3.63, 3.8) is 0 Å². The average Bonchev–Trinajstić information content (AvgIpc) is 2.68. The van der Waals surface area contributed by atoms with Crippen LogP contribution in [0.25, 0.3) is 0 Å². The summed E-state index contributed by atoms with van der Waals surface area (Å²) in [6, 6.07) is 7.54. The molecule has 3 aliphatic heterocycles. The van der Waals surface area contributed by atoms with Crippen LogP contribution >= 0.6 is 0 Å². The van der Waals surface area contributed by atoms with E-state index in [-0.39, 0.29) is 0 Å². The second kappa shape index (κ2) is 5.59. The lowest BCUT2D eigenvalue weighted by Gasteiger charge is -2.39. The lowest BCUT2D eigenvalue weighted by Crippen LogP contribution is -2.47. The van der Waals surface area contributed by atoms with Crippen molar-refractivity contribution in [2.45, 2.75) is 31.3 Å². The highest BCUT2D eigenvalue weighted by Gasteiger charge is 2.42. The first-order valence-corrected chi connectivity index (χ1v) is 8.31. The number of likely N-dealkylation sites (tertiary alicyclic amines) is 1. The van der Waals surface area contributed by atoms with Gasteiger partial charge in [0.25, 0.3) is 0 Å². The SMILES string of the molecule is OCCCN1CC[C@@H]2[C@H](C1)c1cccc3c1N2CCNC3. The fourth-order valence-electron chi connectivity index (χ4n) is 4.45. The number of nitrogens with one attached hydrogen (secondary N) is 1. The molecular formula is C17H25N3O. The van der Waals surface area contributed by atoms with Gasteiger partial charge in [-0.2, -0.15) is 0 Å². The first kappa shape index (κ1) is 13.6. The molecule has 0 spiro atoms. The fraction of sp³-hybridized carbons (Fsp3) is 0.647. The van der Waals surface area contributed by atoms with Gasteiger partial charge in [0, 0.05) is 63.5 Å². The van der Waals surface area contributed by atoms with Crippen molar-refractivity contribution in [3.8, 4) is 0 Å². The van der Waals surface area contributed by atoms with Gasteiger partial charge in [-0.25, -0.2) is 0 Å². The monoisotopic (exact) mass is 287 g/mol. The molecule has 0 amide bonds. The summed E-state index contributed by atoms with van der Waals surface area (Å²) in [6.45, 7) is 6.92. The normalized spacial score (nSPS) is 28.1. The van der Waals surface area contributed by atoms with Gasteiger partial charge in [-0.15, -0.1) is 0 Å². The van der Waals surface area contributed by atoms with Crippen molar-refractivity contribution in [1.29, 1.82) is 0 Å². The molecule has 0 bridgehead atoms. The molecule has 114 valence electrons. The zero-order valence-corrected chi connectivity index (χ0v) is 12.6. The minimum absolute atomic E-state index is 0.309. The Kier molecular flexibility index (Phi) is 3.61. The predicted molar refractivity (Wildman–Crippen MR) is 84.8 cm³/mol. The molecule has 4 rings (SSSR count). The van der Waals surface area contributed by atoms with Gasteiger partial charge in [-0.1, -0.05) is 18.2 Å². The van der Waals surface area contributed by atoms with E-state index < -0.39 is 0 Å². The van der Waals surface area contributed by atoms with Gasteiger partial charge < -0.3 is 20.2 Å². The highest BCUT2D eigenvalue weighted by molar-refractivity contribution is 5.67. The fourth-order valence-corrected chi connectivity index (χ4v) is 4.45. The molecule has 0 radical (unpaired) electrons. The van der Waals surface area contributed by atoms with E-state index in [0.717, 1.165) is 39.1 Å². The number of anilines is 1. The van der Waals surface area contributed by atoms with E-state index in [9.17, 15) is 0 Å². The molecule has 2 N–H and O–H groups in total. The van der Waals surface area contributed by atoms with Crippen LogP contribution in [0.2, 0.25) is 0 Å². The largest absolute Gasteiger partial charge is 0.396 e. The maximum atomic E-state index is 9.06. The van der Waals surface area contributed by atoms with Crippen LogP contribution < -0.4 is 10.2 Å². The number of hydrogen-bond donors (Lipinski definition) is 2. The van der Waals surface area contributed by atoms with Gasteiger partial charge >= 0.3 is 0 Å². The molecular weight excluding hydrogens is 262 g/mol. The number of rotatable bonds is 3. The Balaban J connectivity index is 1.64. The minimum Gasteiger partial charge on any atom is -0.396 e. The zero-order chi connectivity index (χ0) is 14.2. The molecule has 1 aromatic carbocycles. The lowest BCUT2D eigenvalue weighted by atomic mass is 9.88. The van der Waals surface area contributed by atoms with E-state index in [1.165, 1.54) is 24.2 Å². The number of benzene rings is 1. The number of fused-ring (bicyclic) bond motifs is 3. The predicted octanol–water partition coefficient (Wildman–Crippen LogP) is 1.15. The second-order valence-corrected chi connectivity index (χ2v) is 6.57. The number of hydrogen-bond acceptors (Lipinski definition) is 4. The van der Waals surface area contributed by atoms with Crippen LogP contribution in [0.3, 0.4) is 0 Å². The maximum absolute atomic E-state index is 9.06. The van der Waals surface area contributed by atoms with E-state index in [1.807, 2.05) is 0 Å². The third-order valence-corrected chi connectivity index (χ3v) is 5.38. The van der Waals surface area contributed by atoms with E-state index >= 15 is 0 Å². The lowest BCUT2D eigenvalue weighted by molar-refractivity contribution is 0.174. The van der Waals surface area contributed by atoms with Gasteiger partial charge in [-0.3, -0.25) is 0 Å². The summed E-state index contributed by atoms with van der Waals surface area (Å²) in [5.74, 6) is 0.658. The third-order valence-electron chi connectivity index (χ3n) is 5.38. The Labute approximate surface area is 126 Å². The van der Waals surface area contributed by atoms with Crippen molar-refractivity contribution >= 4 is 5.69 Å². The van der Waals surface area contributed by atoms with Crippen molar-refractivity contribution in [1.82, 2.24) is 10.2 Å². The maximum Gasteiger partial charge on any atom is 0.0451 e. The van der Waals surface area contributed by atoms with Crippen LogP contribution in [0.4, 0.5) is 5.69 Å². The molecule has 21 heavy (non-hydrogen) atoms. The highest BCUT2D eigenvalue weighted by atomic mass is 16.3. The molecule has 0 unspecified atom stereocenters. The number of para-hydroxylation sites is 1. The summed E-state index contributed by atoms with van der Waals surface area (Å²) >= 11 is 0. The molecule has 1 fully saturated rings. The first-order chi connectivity index (χ1) is 10.4. The topological polar surface area (TPSA) is 38.7 Å². The van der Waals surface area contributed by atoms with Crippen molar-refractivity contribution in [2.75, 3.05) is 44.2 Å². The Morgan fingerprint density at radius 3 is 3.14 bits per heavy atom. The molecule has 4 heteroatoms. The van der Waals surface area contributed by atoms with E-state index in [2.05, 4.69) is 33.3 Å². The standard InChI is InChI=1S/C17H25N3O/c21-10-2-7-19-8-5-16-15(12-19)14-4-1-3-13-11-18-6-9-20(16)17(13)14/h1,3-4,15-16,18,21H,2,5-12H2/t15-,16-/m1/s1. The molecule has 3 heterocycles. The molecule has 3 aliphatic rings. The number of piperidine rings is 1. The average molecular weight is 287 g/mol. The quantitative estimate of drug-likeness (QED) is 0.875. The van der Waals surface area contributed by atoms with Gasteiger partial charge in [0.2, 0.25) is 0 Å². The molecule has 1 aromatic rings. The number of aliphatic hydroxyl groups excluding tert-OH is 1. The van der Waals surface area contributed by atoms with Crippen molar-refractivity contribution in [3.05, 3.63) is 29.3 Å². The summed E-state index contributed by atoms with van der Waals surface area (Å²) in [7, 11) is 0. The van der Waals surface area contributed by atoms with Crippen LogP contribution in [-0.4, -0.2) is 55.4 Å². The smallest absolute Gasteiger partial charge is 0.0451 e. The van der Waals surface area contributed by atoms with Crippen molar-refractivity contribution in [2.24, 2.45) is 0 Å². The van der Waals surface area contributed by atoms with Crippen LogP contribution in [0.5, 0.6) is 0 Å². The molecule has 0 aromatic heterocycles. The summed E-state index contributed by atoms with van der Waals surface area (Å²) < 4.78 is 0. The van der Waals surface area contributed by atoms with Crippen molar-refractivity contribution < 1.29 is 5.11 Å². The molecule has 0 aliphatic carbocycles. The minimum atomic E-state index is 0.309. The summed E-state index contributed by atoms with van der Waals surface area (Å²) in [6.07, 6.45) is 2.15. The molecule has 4 nitrogen and oxygen atoms in total. The summed E-state index contributed by atoms with van der Waals surface area (Å²) in [4.78, 5) is 5.22. The Morgan fingerprint density at radius 2 is 2.24 bits per heavy atom. The van der Waals surface area contributed by atoms with E-state index in [0.29, 0.717) is 18.6 Å². The Hall–Kier alpha value is -1.10. The van der Waals surface area contributed by atoms with Crippen LogP contribution in [-0.2, 0) is 6.54 Å². The van der Waals surface area contributed by atoms with Gasteiger partial charge in [-0.05, 0) is 24.0 Å².